The fraction of sp³-hybridized carbons (Fsp3) is 0.857. The standard InChI is InChI=1S/C14H24N2O4S/c1-3-15(7-8-20-4-2)14(19)16-11(13(17)18)9-21-12(16)10-5-6-10/h10-12H,3-9H2,1-2H3,(H,17,18). The molecule has 0 aromatic heterocycles. The van der Waals surface area contributed by atoms with Gasteiger partial charge in [-0.25, -0.2) is 9.59 Å². The summed E-state index contributed by atoms with van der Waals surface area (Å²) in [6.45, 7) is 6.01. The number of nitrogens with zero attached hydrogens (tertiary/aromatic N) is 2. The van der Waals surface area contributed by atoms with Gasteiger partial charge in [0.2, 0.25) is 0 Å². The quantitative estimate of drug-likeness (QED) is 0.724. The minimum atomic E-state index is -0.903. The van der Waals surface area contributed by atoms with Crippen LogP contribution in [-0.2, 0) is 9.53 Å². The molecular weight excluding hydrogens is 292 g/mol. The molecule has 0 aromatic rings. The minimum absolute atomic E-state index is 0.0275. The van der Waals surface area contributed by atoms with E-state index in [2.05, 4.69) is 0 Å². The van der Waals surface area contributed by atoms with Crippen LogP contribution in [0.3, 0.4) is 0 Å². The van der Waals surface area contributed by atoms with Crippen LogP contribution in [0, 0.1) is 5.92 Å². The second-order valence-corrected chi connectivity index (χ2v) is 6.53. The van der Waals surface area contributed by atoms with Crippen molar-refractivity contribution in [3.05, 3.63) is 0 Å². The van der Waals surface area contributed by atoms with Crippen LogP contribution in [0.1, 0.15) is 26.7 Å². The highest BCUT2D eigenvalue weighted by Gasteiger charge is 2.48. The van der Waals surface area contributed by atoms with Gasteiger partial charge in [-0.2, -0.15) is 0 Å². The van der Waals surface area contributed by atoms with Crippen molar-refractivity contribution in [2.45, 2.75) is 38.1 Å². The number of hydrogen-bond acceptors (Lipinski definition) is 4. The fourth-order valence-electron chi connectivity index (χ4n) is 2.58. The lowest BCUT2D eigenvalue weighted by molar-refractivity contribution is -0.141. The van der Waals surface area contributed by atoms with Gasteiger partial charge in [0, 0.05) is 25.4 Å². The Morgan fingerprint density at radius 1 is 1.38 bits per heavy atom. The average Bonchev–Trinajstić information content (AvgIpc) is 3.21. The molecule has 2 fully saturated rings. The Balaban J connectivity index is 2.05. The molecule has 0 aromatic carbocycles. The Hall–Kier alpha value is -0.950. The molecule has 2 atom stereocenters. The SMILES string of the molecule is CCOCCN(CC)C(=O)N1C(C(=O)O)CSC1C1CC1. The van der Waals surface area contributed by atoms with Gasteiger partial charge in [-0.1, -0.05) is 0 Å². The van der Waals surface area contributed by atoms with Gasteiger partial charge in [-0.05, 0) is 32.6 Å². The summed E-state index contributed by atoms with van der Waals surface area (Å²) in [6, 6.07) is -0.860. The van der Waals surface area contributed by atoms with Crippen molar-refractivity contribution in [3.63, 3.8) is 0 Å². The number of aliphatic carboxylic acids is 1. The van der Waals surface area contributed by atoms with Gasteiger partial charge >= 0.3 is 12.0 Å². The highest BCUT2D eigenvalue weighted by Crippen LogP contribution is 2.45. The van der Waals surface area contributed by atoms with E-state index in [-0.39, 0.29) is 11.4 Å². The van der Waals surface area contributed by atoms with Gasteiger partial charge in [-0.3, -0.25) is 4.90 Å². The van der Waals surface area contributed by atoms with E-state index in [1.807, 2.05) is 13.8 Å². The van der Waals surface area contributed by atoms with Gasteiger partial charge < -0.3 is 14.7 Å². The third-order valence-electron chi connectivity index (χ3n) is 3.93. The predicted molar refractivity (Wildman–Crippen MR) is 81.4 cm³/mol. The second kappa shape index (κ2) is 7.35. The van der Waals surface area contributed by atoms with E-state index in [1.165, 1.54) is 0 Å². The topological polar surface area (TPSA) is 70.1 Å². The van der Waals surface area contributed by atoms with E-state index in [0.717, 1.165) is 12.8 Å². The zero-order valence-electron chi connectivity index (χ0n) is 12.7. The third kappa shape index (κ3) is 3.83. The highest BCUT2D eigenvalue weighted by molar-refractivity contribution is 8.00. The van der Waals surface area contributed by atoms with Crippen LogP contribution in [-0.4, -0.2) is 70.4 Å². The first-order chi connectivity index (χ1) is 10.1. The van der Waals surface area contributed by atoms with Crippen LogP contribution in [0.25, 0.3) is 0 Å². The summed E-state index contributed by atoms with van der Waals surface area (Å²) in [5.74, 6) is 0.0550. The molecule has 1 heterocycles. The number of rotatable bonds is 7. The first kappa shape index (κ1) is 16.4. The van der Waals surface area contributed by atoms with Crippen molar-refractivity contribution in [3.8, 4) is 0 Å². The Morgan fingerprint density at radius 2 is 2.10 bits per heavy atom. The lowest BCUT2D eigenvalue weighted by atomic mass is 10.2. The monoisotopic (exact) mass is 316 g/mol. The highest BCUT2D eigenvalue weighted by atomic mass is 32.2. The van der Waals surface area contributed by atoms with Crippen molar-refractivity contribution in [2.75, 3.05) is 32.1 Å². The van der Waals surface area contributed by atoms with Gasteiger partial charge in [0.15, 0.2) is 0 Å². The van der Waals surface area contributed by atoms with E-state index in [1.54, 1.807) is 21.6 Å². The molecule has 7 heteroatoms. The van der Waals surface area contributed by atoms with Crippen molar-refractivity contribution in [1.82, 2.24) is 9.80 Å². The fourth-order valence-corrected chi connectivity index (χ4v) is 4.20. The molecule has 2 rings (SSSR count). The molecule has 0 bridgehead atoms. The summed E-state index contributed by atoms with van der Waals surface area (Å²) >= 11 is 1.61. The number of carboxylic acids is 1. The van der Waals surface area contributed by atoms with Crippen molar-refractivity contribution in [1.29, 1.82) is 0 Å². The van der Waals surface area contributed by atoms with Crippen LogP contribution < -0.4 is 0 Å². The van der Waals surface area contributed by atoms with Crippen LogP contribution in [0.2, 0.25) is 0 Å². The Labute approximate surface area is 129 Å². The summed E-state index contributed by atoms with van der Waals surface area (Å²) in [7, 11) is 0. The van der Waals surface area contributed by atoms with Crippen LogP contribution in [0.15, 0.2) is 0 Å². The van der Waals surface area contributed by atoms with E-state index >= 15 is 0 Å². The zero-order chi connectivity index (χ0) is 15.4. The van der Waals surface area contributed by atoms with Gasteiger partial charge in [-0.15, -0.1) is 11.8 Å². The Morgan fingerprint density at radius 3 is 2.62 bits per heavy atom. The van der Waals surface area contributed by atoms with E-state index in [4.69, 9.17) is 4.74 Å². The number of urea groups is 1. The number of carboxylic acid groups (broad SMARTS) is 1. The number of thioether (sulfide) groups is 1. The maximum Gasteiger partial charge on any atom is 0.327 e. The summed E-state index contributed by atoms with van der Waals surface area (Å²) < 4.78 is 5.31. The molecule has 21 heavy (non-hydrogen) atoms. The van der Waals surface area contributed by atoms with Gasteiger partial charge in [0.25, 0.3) is 0 Å². The number of ether oxygens (including phenoxy) is 1. The number of carbonyl (C=O) groups excluding carboxylic acids is 1. The molecule has 2 unspecified atom stereocenters. The zero-order valence-corrected chi connectivity index (χ0v) is 13.5. The second-order valence-electron chi connectivity index (χ2n) is 5.38. The third-order valence-corrected chi connectivity index (χ3v) is 5.39. The first-order valence-electron chi connectivity index (χ1n) is 7.59. The number of amides is 2. The van der Waals surface area contributed by atoms with Crippen molar-refractivity contribution in [2.24, 2.45) is 5.92 Å². The Kier molecular flexibility index (Phi) is 5.75. The maximum atomic E-state index is 12.7. The smallest absolute Gasteiger partial charge is 0.327 e. The average molecular weight is 316 g/mol. The number of likely N-dealkylation sites (N-methyl/N-ethyl adjacent to an activating group) is 1. The van der Waals surface area contributed by atoms with E-state index in [9.17, 15) is 14.7 Å². The molecule has 0 spiro atoms. The molecule has 1 N–H and O–H groups in total. The largest absolute Gasteiger partial charge is 0.480 e. The number of hydrogen-bond donors (Lipinski definition) is 1. The molecule has 1 aliphatic carbocycles. The van der Waals surface area contributed by atoms with Gasteiger partial charge in [0.1, 0.15) is 6.04 Å². The van der Waals surface area contributed by atoms with Gasteiger partial charge in [0.05, 0.1) is 12.0 Å². The molecular formula is C14H24N2O4S. The maximum absolute atomic E-state index is 12.7. The molecule has 2 amide bonds. The molecule has 0 radical (unpaired) electrons. The molecule has 1 aliphatic heterocycles. The Bertz CT molecular complexity index is 389. The molecule has 6 nitrogen and oxygen atoms in total. The van der Waals surface area contributed by atoms with Crippen molar-refractivity contribution >= 4 is 23.8 Å². The van der Waals surface area contributed by atoms with Crippen LogP contribution in [0.5, 0.6) is 0 Å². The lowest BCUT2D eigenvalue weighted by Crippen LogP contribution is -2.52. The predicted octanol–water partition coefficient (Wildman–Crippen LogP) is 1.70. The summed E-state index contributed by atoms with van der Waals surface area (Å²) in [5.41, 5.74) is 0. The number of carbonyl (C=O) groups is 2. The lowest BCUT2D eigenvalue weighted by Gasteiger charge is -2.33. The van der Waals surface area contributed by atoms with Crippen LogP contribution in [0.4, 0.5) is 4.79 Å². The summed E-state index contributed by atoms with van der Waals surface area (Å²) in [6.07, 6.45) is 2.19. The van der Waals surface area contributed by atoms with Crippen LogP contribution >= 0.6 is 11.8 Å². The summed E-state index contributed by atoms with van der Waals surface area (Å²) in [5, 5.41) is 9.40. The minimum Gasteiger partial charge on any atom is -0.480 e. The first-order valence-corrected chi connectivity index (χ1v) is 8.64. The normalized spacial score (nSPS) is 25.1. The molecule has 2 aliphatic rings. The summed E-state index contributed by atoms with van der Waals surface area (Å²) in [4.78, 5) is 27.5. The molecule has 120 valence electrons. The van der Waals surface area contributed by atoms with Crippen molar-refractivity contribution < 1.29 is 19.4 Å². The van der Waals surface area contributed by atoms with E-state index < -0.39 is 12.0 Å². The molecule has 1 saturated carbocycles. The molecule has 1 saturated heterocycles. The van der Waals surface area contributed by atoms with E-state index in [0.29, 0.717) is 38.0 Å².